The average Bonchev–Trinajstić information content (AvgIpc) is 2.84. The van der Waals surface area contributed by atoms with E-state index >= 15 is 0 Å². The number of halogens is 1. The van der Waals surface area contributed by atoms with E-state index in [9.17, 15) is 4.79 Å². The molecule has 0 unspecified atom stereocenters. The molecule has 3 rings (SSSR count). The van der Waals surface area contributed by atoms with E-state index in [-0.39, 0.29) is 18.3 Å². The van der Waals surface area contributed by atoms with Crippen LogP contribution in [-0.2, 0) is 19.4 Å². The van der Waals surface area contributed by atoms with Crippen LogP contribution in [0.4, 0.5) is 5.00 Å². The number of thiophene rings is 1. The predicted octanol–water partition coefficient (Wildman–Crippen LogP) is 4.07. The quantitative estimate of drug-likeness (QED) is 0.887. The second kappa shape index (κ2) is 7.27. The smallest absolute Gasteiger partial charge is 0.256 e. The Balaban J connectivity index is 0.00000176. The van der Waals surface area contributed by atoms with Crippen molar-refractivity contribution >= 4 is 34.7 Å². The highest BCUT2D eigenvalue weighted by Crippen LogP contribution is 2.37. The van der Waals surface area contributed by atoms with E-state index in [0.717, 1.165) is 23.4 Å². The monoisotopic (exact) mass is 336 g/mol. The third-order valence-electron chi connectivity index (χ3n) is 4.11. The number of carbonyl (C=O) groups is 1. The van der Waals surface area contributed by atoms with Crippen LogP contribution >= 0.6 is 23.7 Å². The maximum atomic E-state index is 12.3. The molecule has 118 valence electrons. The highest BCUT2D eigenvalue weighted by atomic mass is 35.5. The number of amides is 1. The number of anilines is 1. The lowest BCUT2D eigenvalue weighted by atomic mass is 9.96. The van der Waals surface area contributed by atoms with Gasteiger partial charge in [-0.25, -0.2) is 0 Å². The number of benzene rings is 1. The molecule has 1 aliphatic carbocycles. The molecule has 2 aromatic rings. The first-order valence-electron chi connectivity index (χ1n) is 7.40. The van der Waals surface area contributed by atoms with Gasteiger partial charge in [-0.05, 0) is 61.4 Å². The summed E-state index contributed by atoms with van der Waals surface area (Å²) in [5.41, 5.74) is 10.0. The zero-order chi connectivity index (χ0) is 14.8. The highest BCUT2D eigenvalue weighted by molar-refractivity contribution is 7.16. The first-order chi connectivity index (χ1) is 10.2. The van der Waals surface area contributed by atoms with Crippen molar-refractivity contribution in [2.75, 3.05) is 5.32 Å². The SMILES string of the molecule is Cc1c(NC(=O)c2ccc(CN)cc2)sc2c1CCCC2.Cl. The molecule has 1 aromatic heterocycles. The van der Waals surface area contributed by atoms with E-state index in [0.29, 0.717) is 12.1 Å². The van der Waals surface area contributed by atoms with Gasteiger partial charge in [0.05, 0.1) is 5.00 Å². The van der Waals surface area contributed by atoms with Gasteiger partial charge in [0, 0.05) is 17.0 Å². The summed E-state index contributed by atoms with van der Waals surface area (Å²) < 4.78 is 0. The highest BCUT2D eigenvalue weighted by Gasteiger charge is 2.19. The molecule has 0 bridgehead atoms. The number of aryl methyl sites for hydroxylation is 1. The Kier molecular flexibility index (Phi) is 5.62. The maximum Gasteiger partial charge on any atom is 0.256 e. The summed E-state index contributed by atoms with van der Waals surface area (Å²) in [4.78, 5) is 13.8. The van der Waals surface area contributed by atoms with Crippen LogP contribution in [0, 0.1) is 6.92 Å². The van der Waals surface area contributed by atoms with Gasteiger partial charge >= 0.3 is 0 Å². The molecule has 1 aliphatic rings. The minimum Gasteiger partial charge on any atom is -0.326 e. The van der Waals surface area contributed by atoms with Crippen LogP contribution < -0.4 is 11.1 Å². The topological polar surface area (TPSA) is 55.1 Å². The summed E-state index contributed by atoms with van der Waals surface area (Å²) >= 11 is 1.74. The number of fused-ring (bicyclic) bond motifs is 1. The van der Waals surface area contributed by atoms with Crippen molar-refractivity contribution in [3.8, 4) is 0 Å². The second-order valence-corrected chi connectivity index (χ2v) is 6.63. The van der Waals surface area contributed by atoms with Crippen molar-refractivity contribution in [3.63, 3.8) is 0 Å². The second-order valence-electron chi connectivity index (χ2n) is 5.52. The average molecular weight is 337 g/mol. The van der Waals surface area contributed by atoms with Gasteiger partial charge in [0.1, 0.15) is 0 Å². The Labute approximate surface area is 141 Å². The lowest BCUT2D eigenvalue weighted by molar-refractivity contribution is 0.102. The molecule has 0 spiro atoms. The summed E-state index contributed by atoms with van der Waals surface area (Å²) in [6.07, 6.45) is 4.83. The molecule has 5 heteroatoms. The summed E-state index contributed by atoms with van der Waals surface area (Å²) in [5.74, 6) is -0.0414. The minimum absolute atomic E-state index is 0. The molecule has 0 atom stereocenters. The van der Waals surface area contributed by atoms with E-state index in [1.54, 1.807) is 11.3 Å². The Bertz CT molecular complexity index is 664. The number of carbonyl (C=O) groups excluding carboxylic acids is 1. The zero-order valence-electron chi connectivity index (χ0n) is 12.6. The molecule has 3 nitrogen and oxygen atoms in total. The van der Waals surface area contributed by atoms with Crippen molar-refractivity contribution in [3.05, 3.63) is 51.4 Å². The van der Waals surface area contributed by atoms with Gasteiger partial charge in [0.25, 0.3) is 5.91 Å². The van der Waals surface area contributed by atoms with Crippen LogP contribution in [0.2, 0.25) is 0 Å². The summed E-state index contributed by atoms with van der Waals surface area (Å²) in [6, 6.07) is 7.48. The Morgan fingerprint density at radius 3 is 2.55 bits per heavy atom. The first kappa shape index (κ1) is 17.0. The fourth-order valence-corrected chi connectivity index (χ4v) is 4.10. The van der Waals surface area contributed by atoms with E-state index < -0.39 is 0 Å². The third kappa shape index (κ3) is 3.35. The van der Waals surface area contributed by atoms with Gasteiger partial charge < -0.3 is 11.1 Å². The minimum atomic E-state index is -0.0414. The molecule has 1 amide bonds. The first-order valence-corrected chi connectivity index (χ1v) is 8.22. The Morgan fingerprint density at radius 1 is 1.23 bits per heavy atom. The molecule has 0 saturated heterocycles. The van der Waals surface area contributed by atoms with Crippen LogP contribution in [0.5, 0.6) is 0 Å². The van der Waals surface area contributed by atoms with Gasteiger partial charge in [-0.1, -0.05) is 12.1 Å². The normalized spacial score (nSPS) is 13.2. The van der Waals surface area contributed by atoms with Gasteiger partial charge in [0.2, 0.25) is 0 Å². The van der Waals surface area contributed by atoms with Gasteiger partial charge in [-0.2, -0.15) is 0 Å². The molecular weight excluding hydrogens is 316 g/mol. The van der Waals surface area contributed by atoms with Crippen LogP contribution in [0.15, 0.2) is 24.3 Å². The molecule has 1 heterocycles. The Hall–Kier alpha value is -1.36. The molecule has 1 aromatic carbocycles. The Morgan fingerprint density at radius 2 is 1.91 bits per heavy atom. The lowest BCUT2D eigenvalue weighted by Gasteiger charge is -2.10. The fraction of sp³-hybridized carbons (Fsp3) is 0.353. The summed E-state index contributed by atoms with van der Waals surface area (Å²) in [7, 11) is 0. The zero-order valence-corrected chi connectivity index (χ0v) is 14.3. The number of nitrogens with one attached hydrogen (secondary N) is 1. The van der Waals surface area contributed by atoms with Crippen LogP contribution in [0.3, 0.4) is 0 Å². The number of hydrogen-bond donors (Lipinski definition) is 2. The van der Waals surface area contributed by atoms with E-state index in [1.807, 2.05) is 24.3 Å². The molecule has 0 saturated carbocycles. The van der Waals surface area contributed by atoms with Gasteiger partial charge in [-0.15, -0.1) is 23.7 Å². The van der Waals surface area contributed by atoms with Crippen LogP contribution in [0.25, 0.3) is 0 Å². The van der Waals surface area contributed by atoms with E-state index in [4.69, 9.17) is 5.73 Å². The lowest BCUT2D eigenvalue weighted by Crippen LogP contribution is -2.12. The van der Waals surface area contributed by atoms with E-state index in [1.165, 1.54) is 28.8 Å². The summed E-state index contributed by atoms with van der Waals surface area (Å²) in [5, 5.41) is 4.08. The van der Waals surface area contributed by atoms with Crippen molar-refractivity contribution in [1.82, 2.24) is 0 Å². The number of rotatable bonds is 3. The van der Waals surface area contributed by atoms with E-state index in [2.05, 4.69) is 12.2 Å². The molecule has 0 radical (unpaired) electrons. The number of hydrogen-bond acceptors (Lipinski definition) is 3. The number of nitrogens with two attached hydrogens (primary N) is 1. The van der Waals surface area contributed by atoms with Crippen molar-refractivity contribution in [2.24, 2.45) is 5.73 Å². The molecule has 22 heavy (non-hydrogen) atoms. The molecule has 0 fully saturated rings. The van der Waals surface area contributed by atoms with Crippen LogP contribution in [0.1, 0.15) is 44.8 Å². The van der Waals surface area contributed by atoms with Crippen molar-refractivity contribution in [1.29, 1.82) is 0 Å². The van der Waals surface area contributed by atoms with Crippen molar-refractivity contribution < 1.29 is 4.79 Å². The fourth-order valence-electron chi connectivity index (χ4n) is 2.81. The largest absolute Gasteiger partial charge is 0.326 e. The molecular formula is C17H21ClN2OS. The molecule has 3 N–H and O–H groups in total. The molecule has 0 aliphatic heterocycles. The van der Waals surface area contributed by atoms with Gasteiger partial charge in [0.15, 0.2) is 0 Å². The predicted molar refractivity (Wildman–Crippen MR) is 95.2 cm³/mol. The van der Waals surface area contributed by atoms with Gasteiger partial charge in [-0.3, -0.25) is 4.79 Å². The van der Waals surface area contributed by atoms with Crippen LogP contribution in [-0.4, -0.2) is 5.91 Å². The third-order valence-corrected chi connectivity index (χ3v) is 5.42. The summed E-state index contributed by atoms with van der Waals surface area (Å²) in [6.45, 7) is 2.62. The maximum absolute atomic E-state index is 12.3. The van der Waals surface area contributed by atoms with Crippen molar-refractivity contribution in [2.45, 2.75) is 39.2 Å². The standard InChI is InChI=1S/C17H20N2OS.ClH/c1-11-14-4-2-3-5-15(14)21-17(11)19-16(20)13-8-6-12(10-18)7-9-13;/h6-9H,2-5,10,18H2,1H3,(H,19,20);1H.